The standard InChI is InChI=1S/C11H7ClN4O3/c12-10-6-13-9(5-14-10)11(17)15-7-1-3-8(4-2-7)16(18)19/h1-6H,(H,15,17). The molecule has 1 heterocycles. The summed E-state index contributed by atoms with van der Waals surface area (Å²) in [5.74, 6) is -0.474. The lowest BCUT2D eigenvalue weighted by atomic mass is 10.3. The van der Waals surface area contributed by atoms with Crippen LogP contribution in [0.5, 0.6) is 0 Å². The summed E-state index contributed by atoms with van der Waals surface area (Å²) < 4.78 is 0. The quantitative estimate of drug-likeness (QED) is 0.686. The average molecular weight is 279 g/mol. The van der Waals surface area contributed by atoms with Crippen molar-refractivity contribution in [3.05, 3.63) is 57.6 Å². The predicted molar refractivity (Wildman–Crippen MR) is 68.1 cm³/mol. The zero-order valence-corrected chi connectivity index (χ0v) is 10.2. The topological polar surface area (TPSA) is 98.0 Å². The van der Waals surface area contributed by atoms with Gasteiger partial charge in [-0.3, -0.25) is 14.9 Å². The van der Waals surface area contributed by atoms with E-state index in [4.69, 9.17) is 11.6 Å². The van der Waals surface area contributed by atoms with Crippen molar-refractivity contribution >= 4 is 28.9 Å². The first-order valence-electron chi connectivity index (χ1n) is 5.09. The number of non-ortho nitro benzene ring substituents is 1. The number of nitrogens with zero attached hydrogens (tertiary/aromatic N) is 3. The first-order valence-corrected chi connectivity index (χ1v) is 5.47. The third-order valence-corrected chi connectivity index (χ3v) is 2.38. The van der Waals surface area contributed by atoms with Gasteiger partial charge < -0.3 is 5.32 Å². The number of halogens is 1. The van der Waals surface area contributed by atoms with E-state index in [1.165, 1.54) is 36.7 Å². The van der Waals surface area contributed by atoms with Gasteiger partial charge in [-0.15, -0.1) is 0 Å². The summed E-state index contributed by atoms with van der Waals surface area (Å²) in [6.07, 6.45) is 2.50. The predicted octanol–water partition coefficient (Wildman–Crippen LogP) is 2.29. The average Bonchev–Trinajstić information content (AvgIpc) is 2.40. The SMILES string of the molecule is O=C(Nc1ccc([N+](=O)[O-])cc1)c1cnc(Cl)cn1. The van der Waals surface area contributed by atoms with E-state index in [0.717, 1.165) is 0 Å². The summed E-state index contributed by atoms with van der Waals surface area (Å²) in [5, 5.41) is 13.2. The zero-order chi connectivity index (χ0) is 13.8. The van der Waals surface area contributed by atoms with Gasteiger partial charge in [0.1, 0.15) is 10.8 Å². The number of benzene rings is 1. The van der Waals surface area contributed by atoms with Crippen LogP contribution in [0.15, 0.2) is 36.7 Å². The van der Waals surface area contributed by atoms with Crippen molar-refractivity contribution in [2.45, 2.75) is 0 Å². The Hall–Kier alpha value is -2.54. The van der Waals surface area contributed by atoms with Crippen LogP contribution < -0.4 is 5.32 Å². The van der Waals surface area contributed by atoms with Gasteiger partial charge in [-0.05, 0) is 12.1 Å². The van der Waals surface area contributed by atoms with Gasteiger partial charge in [0.15, 0.2) is 0 Å². The van der Waals surface area contributed by atoms with E-state index < -0.39 is 10.8 Å². The Bertz CT molecular complexity index is 613. The van der Waals surface area contributed by atoms with Crippen molar-refractivity contribution in [1.82, 2.24) is 9.97 Å². The van der Waals surface area contributed by atoms with Crippen molar-refractivity contribution in [3.8, 4) is 0 Å². The summed E-state index contributed by atoms with van der Waals surface area (Å²) in [7, 11) is 0. The second kappa shape index (κ2) is 5.40. The monoisotopic (exact) mass is 278 g/mol. The van der Waals surface area contributed by atoms with Crippen molar-refractivity contribution in [2.75, 3.05) is 5.32 Å². The van der Waals surface area contributed by atoms with Gasteiger partial charge in [-0.2, -0.15) is 0 Å². The number of nitro benzene ring substituents is 1. The minimum Gasteiger partial charge on any atom is -0.321 e. The molecule has 8 heteroatoms. The van der Waals surface area contributed by atoms with Gasteiger partial charge >= 0.3 is 0 Å². The molecule has 1 aromatic carbocycles. The van der Waals surface area contributed by atoms with Crippen molar-refractivity contribution in [3.63, 3.8) is 0 Å². The number of amides is 1. The van der Waals surface area contributed by atoms with E-state index in [1.807, 2.05) is 0 Å². The summed E-state index contributed by atoms with van der Waals surface area (Å²) >= 11 is 5.55. The van der Waals surface area contributed by atoms with Crippen LogP contribution in [0, 0.1) is 10.1 Å². The smallest absolute Gasteiger partial charge is 0.275 e. The Labute approximate surface area is 112 Å². The van der Waals surface area contributed by atoms with Gasteiger partial charge in [-0.25, -0.2) is 9.97 Å². The zero-order valence-electron chi connectivity index (χ0n) is 9.41. The molecule has 0 saturated carbocycles. The molecule has 2 rings (SSSR count). The van der Waals surface area contributed by atoms with E-state index >= 15 is 0 Å². The Morgan fingerprint density at radius 1 is 1.21 bits per heavy atom. The minimum absolute atomic E-state index is 0.0516. The normalized spacial score (nSPS) is 9.95. The number of anilines is 1. The molecule has 0 spiro atoms. The molecule has 0 aliphatic carbocycles. The second-order valence-electron chi connectivity index (χ2n) is 3.48. The Balaban J connectivity index is 2.10. The molecule has 7 nitrogen and oxygen atoms in total. The maximum Gasteiger partial charge on any atom is 0.275 e. The molecular formula is C11H7ClN4O3. The number of hydrogen-bond donors (Lipinski definition) is 1. The van der Waals surface area contributed by atoms with Gasteiger partial charge in [0.05, 0.1) is 17.3 Å². The number of carbonyl (C=O) groups excluding carboxylic acids is 1. The maximum atomic E-state index is 11.8. The van der Waals surface area contributed by atoms with Gasteiger partial charge in [-0.1, -0.05) is 11.6 Å². The van der Waals surface area contributed by atoms with Crippen LogP contribution in [0.3, 0.4) is 0 Å². The molecule has 0 unspecified atom stereocenters. The number of aromatic nitrogens is 2. The van der Waals surface area contributed by atoms with Gasteiger partial charge in [0.25, 0.3) is 11.6 Å². The summed E-state index contributed by atoms with van der Waals surface area (Å²) in [6.45, 7) is 0. The van der Waals surface area contributed by atoms with E-state index in [9.17, 15) is 14.9 Å². The lowest BCUT2D eigenvalue weighted by molar-refractivity contribution is -0.384. The molecule has 96 valence electrons. The Morgan fingerprint density at radius 3 is 2.42 bits per heavy atom. The van der Waals surface area contributed by atoms with E-state index in [0.29, 0.717) is 5.69 Å². The summed E-state index contributed by atoms with van der Waals surface area (Å²) in [5.41, 5.74) is 0.472. The van der Waals surface area contributed by atoms with Crippen LogP contribution in [0.1, 0.15) is 10.5 Å². The number of nitrogens with one attached hydrogen (secondary N) is 1. The third kappa shape index (κ3) is 3.23. The molecule has 2 aromatic rings. The molecule has 1 N–H and O–H groups in total. The first-order chi connectivity index (χ1) is 9.06. The van der Waals surface area contributed by atoms with Crippen molar-refractivity contribution < 1.29 is 9.72 Å². The van der Waals surface area contributed by atoms with E-state index in [-0.39, 0.29) is 16.5 Å². The van der Waals surface area contributed by atoms with Gasteiger partial charge in [0.2, 0.25) is 0 Å². The van der Waals surface area contributed by atoms with E-state index in [1.54, 1.807) is 0 Å². The number of carbonyl (C=O) groups is 1. The fraction of sp³-hybridized carbons (Fsp3) is 0. The van der Waals surface area contributed by atoms with Crippen LogP contribution in [0.2, 0.25) is 5.15 Å². The molecule has 0 aliphatic heterocycles. The highest BCUT2D eigenvalue weighted by molar-refractivity contribution is 6.29. The molecule has 1 aromatic heterocycles. The highest BCUT2D eigenvalue weighted by atomic mass is 35.5. The first kappa shape index (κ1) is 12.9. The second-order valence-corrected chi connectivity index (χ2v) is 3.87. The Morgan fingerprint density at radius 2 is 1.89 bits per heavy atom. The molecule has 0 aliphatic rings. The minimum atomic E-state index is -0.518. The molecule has 0 bridgehead atoms. The fourth-order valence-electron chi connectivity index (χ4n) is 1.29. The number of hydrogen-bond acceptors (Lipinski definition) is 5. The number of rotatable bonds is 3. The van der Waals surface area contributed by atoms with Crippen LogP contribution >= 0.6 is 11.6 Å². The van der Waals surface area contributed by atoms with Crippen LogP contribution in [0.25, 0.3) is 0 Å². The highest BCUT2D eigenvalue weighted by Crippen LogP contribution is 2.15. The molecule has 0 fully saturated rings. The fourth-order valence-corrected chi connectivity index (χ4v) is 1.39. The third-order valence-electron chi connectivity index (χ3n) is 2.19. The molecule has 0 atom stereocenters. The largest absolute Gasteiger partial charge is 0.321 e. The van der Waals surface area contributed by atoms with Gasteiger partial charge in [0, 0.05) is 17.8 Å². The maximum absolute atomic E-state index is 11.8. The van der Waals surface area contributed by atoms with Crippen molar-refractivity contribution in [2.24, 2.45) is 0 Å². The van der Waals surface area contributed by atoms with Crippen LogP contribution in [0.4, 0.5) is 11.4 Å². The lowest BCUT2D eigenvalue weighted by Gasteiger charge is -2.03. The number of nitro groups is 1. The lowest BCUT2D eigenvalue weighted by Crippen LogP contribution is -2.13. The molecule has 0 saturated heterocycles. The Kier molecular flexibility index (Phi) is 3.67. The molecule has 0 radical (unpaired) electrons. The summed E-state index contributed by atoms with van der Waals surface area (Å²) in [6, 6.07) is 5.45. The summed E-state index contributed by atoms with van der Waals surface area (Å²) in [4.78, 5) is 29.2. The van der Waals surface area contributed by atoms with Crippen molar-refractivity contribution in [1.29, 1.82) is 0 Å². The highest BCUT2D eigenvalue weighted by Gasteiger charge is 2.09. The van der Waals surface area contributed by atoms with E-state index in [2.05, 4.69) is 15.3 Å². The molecule has 19 heavy (non-hydrogen) atoms. The molecular weight excluding hydrogens is 272 g/mol. The molecule has 1 amide bonds. The van der Waals surface area contributed by atoms with Crippen LogP contribution in [-0.2, 0) is 0 Å². The van der Waals surface area contributed by atoms with Crippen LogP contribution in [-0.4, -0.2) is 20.8 Å².